The standard InChI is InChI=1S/C21H21ClN2O2S/c1-14-11-17(12-15(2)20(14)22)26-16(3)21(25)24(13-18-7-6-10-27-18)19-8-4-5-9-23-19/h4-12,16H,13H2,1-3H3/t16-/m0/s1. The molecule has 1 aromatic carbocycles. The first-order valence-corrected chi connectivity index (χ1v) is 9.89. The first-order chi connectivity index (χ1) is 13.0. The van der Waals surface area contributed by atoms with Gasteiger partial charge in [0.2, 0.25) is 0 Å². The van der Waals surface area contributed by atoms with Crippen molar-refractivity contribution in [2.45, 2.75) is 33.4 Å². The fourth-order valence-electron chi connectivity index (χ4n) is 2.79. The van der Waals surface area contributed by atoms with E-state index in [9.17, 15) is 4.79 Å². The zero-order chi connectivity index (χ0) is 19.4. The smallest absolute Gasteiger partial charge is 0.269 e. The molecule has 3 aromatic rings. The predicted molar refractivity (Wildman–Crippen MR) is 111 cm³/mol. The van der Waals surface area contributed by atoms with Crippen LogP contribution in [0.5, 0.6) is 5.75 Å². The van der Waals surface area contributed by atoms with Crippen molar-refractivity contribution >= 4 is 34.7 Å². The highest BCUT2D eigenvalue weighted by Gasteiger charge is 2.25. The number of aryl methyl sites for hydroxylation is 2. The van der Waals surface area contributed by atoms with Crippen LogP contribution < -0.4 is 9.64 Å². The van der Waals surface area contributed by atoms with Gasteiger partial charge in [-0.1, -0.05) is 23.7 Å². The molecule has 0 aliphatic rings. The van der Waals surface area contributed by atoms with Crippen LogP contribution >= 0.6 is 22.9 Å². The largest absolute Gasteiger partial charge is 0.481 e. The van der Waals surface area contributed by atoms with Gasteiger partial charge in [0.25, 0.3) is 5.91 Å². The number of rotatable bonds is 6. The summed E-state index contributed by atoms with van der Waals surface area (Å²) >= 11 is 7.83. The monoisotopic (exact) mass is 400 g/mol. The van der Waals surface area contributed by atoms with Gasteiger partial charge >= 0.3 is 0 Å². The van der Waals surface area contributed by atoms with Crippen molar-refractivity contribution in [1.82, 2.24) is 4.98 Å². The van der Waals surface area contributed by atoms with Crippen LogP contribution in [0.25, 0.3) is 0 Å². The molecule has 4 nitrogen and oxygen atoms in total. The van der Waals surface area contributed by atoms with Gasteiger partial charge in [-0.25, -0.2) is 4.98 Å². The van der Waals surface area contributed by atoms with Crippen molar-refractivity contribution in [1.29, 1.82) is 0 Å². The van der Waals surface area contributed by atoms with Gasteiger partial charge in [0.1, 0.15) is 11.6 Å². The predicted octanol–water partition coefficient (Wildman–Crippen LogP) is 5.41. The highest BCUT2D eigenvalue weighted by molar-refractivity contribution is 7.09. The highest BCUT2D eigenvalue weighted by atomic mass is 35.5. The number of aromatic nitrogens is 1. The van der Waals surface area contributed by atoms with Gasteiger partial charge in [0, 0.05) is 16.1 Å². The number of nitrogens with zero attached hydrogens (tertiary/aromatic N) is 2. The Morgan fingerprint density at radius 2 is 1.96 bits per heavy atom. The second kappa shape index (κ2) is 8.55. The number of hydrogen-bond donors (Lipinski definition) is 0. The van der Waals surface area contributed by atoms with Crippen molar-refractivity contribution in [3.05, 3.63) is 75.1 Å². The molecule has 0 saturated heterocycles. The SMILES string of the molecule is Cc1cc(O[C@@H](C)C(=O)N(Cc2cccs2)c2ccccn2)cc(C)c1Cl. The van der Waals surface area contributed by atoms with Crippen molar-refractivity contribution in [3.63, 3.8) is 0 Å². The van der Waals surface area contributed by atoms with Gasteiger partial charge in [-0.05, 0) is 67.6 Å². The minimum Gasteiger partial charge on any atom is -0.481 e. The van der Waals surface area contributed by atoms with Crippen LogP contribution in [0.3, 0.4) is 0 Å². The van der Waals surface area contributed by atoms with Crippen LogP contribution in [0, 0.1) is 13.8 Å². The average molecular weight is 401 g/mol. The maximum absolute atomic E-state index is 13.2. The second-order valence-corrected chi connectivity index (χ2v) is 7.73. The van der Waals surface area contributed by atoms with Crippen LogP contribution in [0.15, 0.2) is 54.0 Å². The van der Waals surface area contributed by atoms with E-state index in [0.29, 0.717) is 23.1 Å². The van der Waals surface area contributed by atoms with E-state index in [-0.39, 0.29) is 5.91 Å². The minimum atomic E-state index is -0.660. The molecule has 0 unspecified atom stereocenters. The molecule has 0 saturated carbocycles. The Morgan fingerprint density at radius 3 is 2.56 bits per heavy atom. The van der Waals surface area contributed by atoms with Crippen LogP contribution in [0.1, 0.15) is 22.9 Å². The summed E-state index contributed by atoms with van der Waals surface area (Å²) < 4.78 is 5.94. The first kappa shape index (κ1) is 19.4. The lowest BCUT2D eigenvalue weighted by Crippen LogP contribution is -2.40. The Labute approximate surface area is 168 Å². The van der Waals surface area contributed by atoms with E-state index in [4.69, 9.17) is 16.3 Å². The number of pyridine rings is 1. The maximum Gasteiger partial charge on any atom is 0.269 e. The van der Waals surface area contributed by atoms with Crippen molar-refractivity contribution in [2.24, 2.45) is 0 Å². The molecule has 2 aromatic heterocycles. The summed E-state index contributed by atoms with van der Waals surface area (Å²) in [7, 11) is 0. The fraction of sp³-hybridized carbons (Fsp3) is 0.238. The molecule has 0 bridgehead atoms. The summed E-state index contributed by atoms with van der Waals surface area (Å²) in [4.78, 5) is 20.2. The molecule has 27 heavy (non-hydrogen) atoms. The molecule has 0 aliphatic heterocycles. The van der Waals surface area contributed by atoms with Crippen molar-refractivity contribution in [2.75, 3.05) is 4.90 Å². The number of anilines is 1. The number of carbonyl (C=O) groups excluding carboxylic acids is 1. The molecule has 3 rings (SSSR count). The van der Waals surface area contributed by atoms with Gasteiger partial charge in [-0.15, -0.1) is 11.3 Å². The van der Waals surface area contributed by atoms with E-state index < -0.39 is 6.10 Å². The normalized spacial score (nSPS) is 11.9. The lowest BCUT2D eigenvalue weighted by Gasteiger charge is -2.25. The first-order valence-electron chi connectivity index (χ1n) is 8.64. The van der Waals surface area contributed by atoms with Gasteiger partial charge in [0.15, 0.2) is 6.10 Å². The van der Waals surface area contributed by atoms with E-state index >= 15 is 0 Å². The average Bonchev–Trinajstić information content (AvgIpc) is 3.17. The molecule has 2 heterocycles. The van der Waals surface area contributed by atoms with E-state index in [1.54, 1.807) is 29.4 Å². The van der Waals surface area contributed by atoms with Crippen LogP contribution in [-0.4, -0.2) is 17.0 Å². The number of ether oxygens (including phenoxy) is 1. The van der Waals surface area contributed by atoms with Crippen molar-refractivity contribution in [3.8, 4) is 5.75 Å². The molecule has 0 fully saturated rings. The summed E-state index contributed by atoms with van der Waals surface area (Å²) in [6.07, 6.45) is 1.02. The molecule has 0 aliphatic carbocycles. The number of amides is 1. The Hall–Kier alpha value is -2.37. The van der Waals surface area contributed by atoms with Crippen LogP contribution in [0.2, 0.25) is 5.02 Å². The van der Waals surface area contributed by atoms with E-state index in [1.165, 1.54) is 0 Å². The Balaban J connectivity index is 1.82. The molecular weight excluding hydrogens is 380 g/mol. The maximum atomic E-state index is 13.2. The second-order valence-electron chi connectivity index (χ2n) is 6.32. The molecule has 6 heteroatoms. The number of thiophene rings is 1. The fourth-order valence-corrected chi connectivity index (χ4v) is 3.59. The highest BCUT2D eigenvalue weighted by Crippen LogP contribution is 2.27. The molecule has 0 N–H and O–H groups in total. The van der Waals surface area contributed by atoms with Gasteiger partial charge < -0.3 is 4.74 Å². The number of halogens is 1. The lowest BCUT2D eigenvalue weighted by atomic mass is 10.1. The Morgan fingerprint density at radius 1 is 1.22 bits per heavy atom. The number of carbonyl (C=O) groups is 1. The quantitative estimate of drug-likeness (QED) is 0.555. The molecule has 0 spiro atoms. The Kier molecular flexibility index (Phi) is 6.14. The van der Waals surface area contributed by atoms with Gasteiger partial charge in [-0.3, -0.25) is 9.69 Å². The van der Waals surface area contributed by atoms with Crippen molar-refractivity contribution < 1.29 is 9.53 Å². The third-order valence-electron chi connectivity index (χ3n) is 4.16. The Bertz CT molecular complexity index is 890. The molecule has 1 amide bonds. The summed E-state index contributed by atoms with van der Waals surface area (Å²) in [6.45, 7) is 6.06. The molecule has 1 atom stereocenters. The summed E-state index contributed by atoms with van der Waals surface area (Å²) in [5.41, 5.74) is 1.85. The zero-order valence-corrected chi connectivity index (χ0v) is 17.1. The number of hydrogen-bond acceptors (Lipinski definition) is 4. The third-order valence-corrected chi connectivity index (χ3v) is 5.61. The molecule has 0 radical (unpaired) electrons. The van der Waals surface area contributed by atoms with Gasteiger partial charge in [-0.2, -0.15) is 0 Å². The van der Waals surface area contributed by atoms with Crippen LogP contribution in [0.4, 0.5) is 5.82 Å². The molecule has 140 valence electrons. The lowest BCUT2D eigenvalue weighted by molar-refractivity contribution is -0.124. The summed E-state index contributed by atoms with van der Waals surface area (Å²) in [6, 6.07) is 13.2. The van der Waals surface area contributed by atoms with Crippen LogP contribution in [-0.2, 0) is 11.3 Å². The van der Waals surface area contributed by atoms with E-state index in [2.05, 4.69) is 4.98 Å². The van der Waals surface area contributed by atoms with Gasteiger partial charge in [0.05, 0.1) is 6.54 Å². The van der Waals surface area contributed by atoms with E-state index in [1.807, 2.05) is 61.7 Å². The number of benzene rings is 1. The minimum absolute atomic E-state index is 0.146. The third kappa shape index (κ3) is 4.67. The molecular formula is C21H21ClN2O2S. The van der Waals surface area contributed by atoms with E-state index in [0.717, 1.165) is 16.0 Å². The summed E-state index contributed by atoms with van der Waals surface area (Å²) in [5.74, 6) is 1.09. The zero-order valence-electron chi connectivity index (χ0n) is 15.5. The topological polar surface area (TPSA) is 42.4 Å². The summed E-state index contributed by atoms with van der Waals surface area (Å²) in [5, 5.41) is 2.71.